The highest BCUT2D eigenvalue weighted by atomic mass is 16.5. The molecule has 0 atom stereocenters. The van der Waals surface area contributed by atoms with Crippen molar-refractivity contribution in [3.63, 3.8) is 0 Å². The topological polar surface area (TPSA) is 44.7 Å². The fourth-order valence-electron chi connectivity index (χ4n) is 2.45. The van der Waals surface area contributed by atoms with Gasteiger partial charge in [-0.1, -0.05) is 12.8 Å². The number of hydrogen-bond donors (Lipinski definition) is 2. The predicted molar refractivity (Wildman–Crippen MR) is 65.7 cm³/mol. The van der Waals surface area contributed by atoms with Gasteiger partial charge in [0.15, 0.2) is 0 Å². The first-order valence-electron chi connectivity index (χ1n) is 6.28. The summed E-state index contributed by atoms with van der Waals surface area (Å²) in [7, 11) is 4.35. The van der Waals surface area contributed by atoms with Crippen LogP contribution in [0.15, 0.2) is 0 Å². The molecular formula is C12H26N2O2. The number of aliphatic hydroxyl groups excluding tert-OH is 1. The van der Waals surface area contributed by atoms with Crippen LogP contribution in [-0.4, -0.2) is 62.6 Å². The van der Waals surface area contributed by atoms with Crippen LogP contribution in [0.3, 0.4) is 0 Å². The van der Waals surface area contributed by atoms with Crippen molar-refractivity contribution in [1.82, 2.24) is 10.2 Å². The second-order valence-electron chi connectivity index (χ2n) is 4.84. The maximum absolute atomic E-state index is 8.56. The highest BCUT2D eigenvalue weighted by Gasteiger charge is 2.35. The highest BCUT2D eigenvalue weighted by molar-refractivity contribution is 4.94. The Hall–Kier alpha value is -0.160. The van der Waals surface area contributed by atoms with Crippen LogP contribution in [-0.2, 0) is 4.74 Å². The van der Waals surface area contributed by atoms with E-state index in [0.29, 0.717) is 18.8 Å². The highest BCUT2D eigenvalue weighted by Crippen LogP contribution is 2.32. The molecule has 0 amide bonds. The molecule has 1 aliphatic rings. The Morgan fingerprint density at radius 1 is 1.25 bits per heavy atom. The summed E-state index contributed by atoms with van der Waals surface area (Å²) in [6, 6.07) is 0. The maximum Gasteiger partial charge on any atom is 0.0698 e. The molecule has 0 aromatic rings. The van der Waals surface area contributed by atoms with Crippen molar-refractivity contribution in [1.29, 1.82) is 0 Å². The minimum absolute atomic E-state index is 0.113. The maximum atomic E-state index is 8.56. The molecule has 0 bridgehead atoms. The molecule has 4 heteroatoms. The molecule has 0 spiro atoms. The summed E-state index contributed by atoms with van der Waals surface area (Å²) in [5, 5.41) is 12.0. The van der Waals surface area contributed by atoms with Gasteiger partial charge in [-0.2, -0.15) is 0 Å². The van der Waals surface area contributed by atoms with Crippen molar-refractivity contribution in [2.75, 3.05) is 47.0 Å². The van der Waals surface area contributed by atoms with E-state index in [4.69, 9.17) is 9.84 Å². The Bertz CT molecular complexity index is 180. The van der Waals surface area contributed by atoms with Crippen molar-refractivity contribution in [3.05, 3.63) is 0 Å². The van der Waals surface area contributed by atoms with E-state index in [1.54, 1.807) is 0 Å². The zero-order valence-electron chi connectivity index (χ0n) is 10.7. The monoisotopic (exact) mass is 230 g/mol. The normalized spacial score (nSPS) is 19.5. The third-order valence-electron chi connectivity index (χ3n) is 3.60. The lowest BCUT2D eigenvalue weighted by Gasteiger charge is -2.36. The van der Waals surface area contributed by atoms with E-state index in [1.165, 1.54) is 25.7 Å². The fraction of sp³-hybridized carbons (Fsp3) is 1.00. The van der Waals surface area contributed by atoms with Crippen molar-refractivity contribution >= 4 is 0 Å². The average molecular weight is 230 g/mol. The van der Waals surface area contributed by atoms with Gasteiger partial charge in [-0.05, 0) is 26.9 Å². The van der Waals surface area contributed by atoms with Gasteiger partial charge in [0.1, 0.15) is 0 Å². The van der Waals surface area contributed by atoms with Crippen LogP contribution in [0, 0.1) is 0 Å². The molecule has 0 unspecified atom stereocenters. The van der Waals surface area contributed by atoms with Gasteiger partial charge in [-0.15, -0.1) is 0 Å². The lowest BCUT2D eigenvalue weighted by Crippen LogP contribution is -2.50. The Morgan fingerprint density at radius 3 is 2.50 bits per heavy atom. The van der Waals surface area contributed by atoms with Crippen LogP contribution >= 0.6 is 0 Å². The first kappa shape index (κ1) is 13.9. The molecule has 1 rings (SSSR count). The number of likely N-dealkylation sites (N-methyl/N-ethyl adjacent to an activating group) is 1. The van der Waals surface area contributed by atoms with Gasteiger partial charge in [-0.25, -0.2) is 0 Å². The molecular weight excluding hydrogens is 204 g/mol. The van der Waals surface area contributed by atoms with Gasteiger partial charge < -0.3 is 20.1 Å². The first-order chi connectivity index (χ1) is 7.71. The summed E-state index contributed by atoms with van der Waals surface area (Å²) in [5.74, 6) is 0. The SMILES string of the molecule is CN(C)C1(CNCCOCCO)CCCC1. The molecule has 0 heterocycles. The Labute approximate surface area is 99.0 Å². The summed E-state index contributed by atoms with van der Waals surface area (Å²) >= 11 is 0. The zero-order chi connectivity index (χ0) is 11.9. The van der Waals surface area contributed by atoms with Gasteiger partial charge >= 0.3 is 0 Å². The molecule has 2 N–H and O–H groups in total. The molecule has 0 aromatic heterocycles. The summed E-state index contributed by atoms with van der Waals surface area (Å²) < 4.78 is 5.21. The molecule has 0 aromatic carbocycles. The van der Waals surface area contributed by atoms with E-state index in [2.05, 4.69) is 24.3 Å². The largest absolute Gasteiger partial charge is 0.394 e. The van der Waals surface area contributed by atoms with Gasteiger partial charge in [0.05, 0.1) is 19.8 Å². The summed E-state index contributed by atoms with van der Waals surface area (Å²) in [6.45, 7) is 3.16. The van der Waals surface area contributed by atoms with Gasteiger partial charge in [0.25, 0.3) is 0 Å². The lowest BCUT2D eigenvalue weighted by molar-refractivity contribution is 0.0894. The molecule has 0 aliphatic heterocycles. The van der Waals surface area contributed by atoms with Crippen molar-refractivity contribution < 1.29 is 9.84 Å². The first-order valence-corrected chi connectivity index (χ1v) is 6.28. The van der Waals surface area contributed by atoms with Crippen LogP contribution in [0.4, 0.5) is 0 Å². The molecule has 96 valence electrons. The molecule has 1 aliphatic carbocycles. The number of hydrogen-bond acceptors (Lipinski definition) is 4. The van der Waals surface area contributed by atoms with Gasteiger partial charge in [-0.3, -0.25) is 0 Å². The van der Waals surface area contributed by atoms with Crippen LogP contribution in [0.2, 0.25) is 0 Å². The number of nitrogens with zero attached hydrogens (tertiary/aromatic N) is 1. The average Bonchev–Trinajstić information content (AvgIpc) is 2.73. The van der Waals surface area contributed by atoms with Crippen LogP contribution in [0.25, 0.3) is 0 Å². The standard InChI is InChI=1S/C12H26N2O2/c1-14(2)12(5-3-4-6-12)11-13-7-9-16-10-8-15/h13,15H,3-11H2,1-2H3. The minimum Gasteiger partial charge on any atom is -0.394 e. The van der Waals surface area contributed by atoms with Crippen LogP contribution in [0.5, 0.6) is 0 Å². The van der Waals surface area contributed by atoms with Crippen LogP contribution < -0.4 is 5.32 Å². The molecule has 1 fully saturated rings. The third kappa shape index (κ3) is 4.01. The summed E-state index contributed by atoms with van der Waals surface area (Å²) in [6.07, 6.45) is 5.29. The van der Waals surface area contributed by atoms with Crippen molar-refractivity contribution in [2.24, 2.45) is 0 Å². The van der Waals surface area contributed by atoms with E-state index in [-0.39, 0.29) is 6.61 Å². The summed E-state index contributed by atoms with van der Waals surface area (Å²) in [5.41, 5.74) is 0.358. The molecule has 4 nitrogen and oxygen atoms in total. The smallest absolute Gasteiger partial charge is 0.0698 e. The zero-order valence-corrected chi connectivity index (χ0v) is 10.7. The van der Waals surface area contributed by atoms with E-state index >= 15 is 0 Å². The second-order valence-corrected chi connectivity index (χ2v) is 4.84. The fourth-order valence-corrected chi connectivity index (χ4v) is 2.45. The molecule has 0 radical (unpaired) electrons. The van der Waals surface area contributed by atoms with Gasteiger partial charge in [0, 0.05) is 18.6 Å². The Morgan fingerprint density at radius 2 is 1.94 bits per heavy atom. The lowest BCUT2D eigenvalue weighted by atomic mass is 9.96. The second kappa shape index (κ2) is 7.22. The number of aliphatic hydroxyl groups is 1. The van der Waals surface area contributed by atoms with Crippen LogP contribution in [0.1, 0.15) is 25.7 Å². The van der Waals surface area contributed by atoms with E-state index in [1.807, 2.05) is 0 Å². The molecule has 0 saturated heterocycles. The van der Waals surface area contributed by atoms with Crippen molar-refractivity contribution in [2.45, 2.75) is 31.2 Å². The molecule has 1 saturated carbocycles. The number of rotatable bonds is 8. The van der Waals surface area contributed by atoms with Gasteiger partial charge in [0.2, 0.25) is 0 Å². The Kier molecular flexibility index (Phi) is 6.28. The number of ether oxygens (including phenoxy) is 1. The van der Waals surface area contributed by atoms with Crippen molar-refractivity contribution in [3.8, 4) is 0 Å². The Balaban J connectivity index is 2.14. The minimum atomic E-state index is 0.113. The summed E-state index contributed by atoms with van der Waals surface area (Å²) in [4.78, 5) is 2.36. The number of nitrogens with one attached hydrogen (secondary N) is 1. The predicted octanol–water partition coefficient (Wildman–Crippen LogP) is 0.459. The molecule has 16 heavy (non-hydrogen) atoms. The van der Waals surface area contributed by atoms with E-state index < -0.39 is 0 Å². The van der Waals surface area contributed by atoms with E-state index in [0.717, 1.165) is 13.1 Å². The van der Waals surface area contributed by atoms with E-state index in [9.17, 15) is 0 Å². The quantitative estimate of drug-likeness (QED) is 0.595. The third-order valence-corrected chi connectivity index (χ3v) is 3.60.